The van der Waals surface area contributed by atoms with Crippen molar-refractivity contribution in [2.24, 2.45) is 10.9 Å². The molecule has 0 aromatic heterocycles. The van der Waals surface area contributed by atoms with Crippen molar-refractivity contribution >= 4 is 11.7 Å². The van der Waals surface area contributed by atoms with Crippen LogP contribution in [0.15, 0.2) is 53.5 Å². The molecule has 140 valence electrons. The molecule has 0 bridgehead atoms. The van der Waals surface area contributed by atoms with Crippen LogP contribution in [-0.2, 0) is 10.3 Å². The first-order chi connectivity index (χ1) is 13.0. The number of carbonyl (C=O) groups excluding carboxylic acids is 1. The third-order valence-corrected chi connectivity index (χ3v) is 5.40. The predicted octanol–water partition coefficient (Wildman–Crippen LogP) is 3.08. The Kier molecular flexibility index (Phi) is 4.52. The highest BCUT2D eigenvalue weighted by Crippen LogP contribution is 2.40. The van der Waals surface area contributed by atoms with E-state index >= 15 is 0 Å². The second-order valence-electron chi connectivity index (χ2n) is 7.16. The Morgan fingerprint density at radius 3 is 2.11 bits per heavy atom. The van der Waals surface area contributed by atoms with Crippen molar-refractivity contribution in [3.63, 3.8) is 0 Å². The van der Waals surface area contributed by atoms with Crippen LogP contribution in [0.4, 0.5) is 8.78 Å². The van der Waals surface area contributed by atoms with Crippen molar-refractivity contribution in [3.05, 3.63) is 71.3 Å². The summed E-state index contributed by atoms with van der Waals surface area (Å²) in [4.78, 5) is 20.1. The highest BCUT2D eigenvalue weighted by atomic mass is 19.1. The average molecular weight is 369 g/mol. The molecule has 4 rings (SSSR count). The van der Waals surface area contributed by atoms with Crippen LogP contribution in [0.1, 0.15) is 24.5 Å². The summed E-state index contributed by atoms with van der Waals surface area (Å²) in [5, 5.41) is 3.31. The van der Waals surface area contributed by atoms with Crippen LogP contribution in [0.2, 0.25) is 0 Å². The van der Waals surface area contributed by atoms with Crippen molar-refractivity contribution in [1.82, 2.24) is 10.2 Å². The number of hydrogen-bond acceptors (Lipinski definition) is 3. The fraction of sp³-hybridized carbons (Fsp3) is 0.333. The molecule has 4 nitrogen and oxygen atoms in total. The molecule has 6 heteroatoms. The number of nitrogens with zero attached hydrogens (tertiary/aromatic N) is 2. The van der Waals surface area contributed by atoms with E-state index in [1.165, 1.54) is 24.3 Å². The monoisotopic (exact) mass is 369 g/mol. The molecule has 0 radical (unpaired) electrons. The van der Waals surface area contributed by atoms with Crippen LogP contribution >= 0.6 is 0 Å². The minimum atomic E-state index is -1.31. The molecule has 1 fully saturated rings. The Labute approximate surface area is 156 Å². The van der Waals surface area contributed by atoms with E-state index in [0.29, 0.717) is 29.4 Å². The van der Waals surface area contributed by atoms with Gasteiger partial charge in [-0.1, -0.05) is 24.3 Å². The molecule has 2 aliphatic rings. The Morgan fingerprint density at radius 2 is 1.63 bits per heavy atom. The zero-order chi connectivity index (χ0) is 19.0. The van der Waals surface area contributed by atoms with Crippen LogP contribution in [0.5, 0.6) is 0 Å². The smallest absolute Gasteiger partial charge is 0.265 e. The molecule has 2 aromatic rings. The van der Waals surface area contributed by atoms with Gasteiger partial charge in [-0.3, -0.25) is 9.69 Å². The van der Waals surface area contributed by atoms with Crippen LogP contribution in [0.25, 0.3) is 0 Å². The number of hydrogen-bond donors (Lipinski definition) is 1. The summed E-state index contributed by atoms with van der Waals surface area (Å²) >= 11 is 0. The second kappa shape index (κ2) is 6.85. The van der Waals surface area contributed by atoms with E-state index in [1.807, 2.05) is 6.92 Å². The van der Waals surface area contributed by atoms with Crippen molar-refractivity contribution < 1.29 is 13.6 Å². The molecule has 0 saturated carbocycles. The normalized spacial score (nSPS) is 21.6. The van der Waals surface area contributed by atoms with E-state index in [0.717, 1.165) is 19.5 Å². The van der Waals surface area contributed by atoms with E-state index < -0.39 is 5.54 Å². The summed E-state index contributed by atoms with van der Waals surface area (Å²) in [6.45, 7) is 4.22. The number of nitrogens with one attached hydrogen (secondary N) is 1. The highest BCUT2D eigenvalue weighted by Gasteiger charge is 2.50. The fourth-order valence-corrected chi connectivity index (χ4v) is 3.96. The third-order valence-electron chi connectivity index (χ3n) is 5.40. The summed E-state index contributed by atoms with van der Waals surface area (Å²) in [5.41, 5.74) is -0.156. The van der Waals surface area contributed by atoms with Crippen LogP contribution in [0.3, 0.4) is 0 Å². The van der Waals surface area contributed by atoms with Crippen molar-refractivity contribution in [2.45, 2.75) is 18.9 Å². The van der Waals surface area contributed by atoms with Crippen molar-refractivity contribution in [3.8, 4) is 0 Å². The molecule has 2 heterocycles. The Hall–Kier alpha value is -2.60. The van der Waals surface area contributed by atoms with E-state index in [-0.39, 0.29) is 17.5 Å². The lowest BCUT2D eigenvalue weighted by atomic mass is 9.82. The molecular weight excluding hydrogens is 348 g/mol. The SMILES string of the molecule is CC1=NC(c2ccc(F)cc2)(c2ccc(F)cc2)C(=O)N1CC1CCNC1. The topological polar surface area (TPSA) is 44.7 Å². The quantitative estimate of drug-likeness (QED) is 0.900. The van der Waals surface area contributed by atoms with E-state index in [2.05, 4.69) is 5.32 Å². The first-order valence-corrected chi connectivity index (χ1v) is 9.12. The van der Waals surface area contributed by atoms with Gasteiger partial charge >= 0.3 is 0 Å². The summed E-state index contributed by atoms with van der Waals surface area (Å²) in [6.07, 6.45) is 1.01. The lowest BCUT2D eigenvalue weighted by molar-refractivity contribution is -0.130. The zero-order valence-electron chi connectivity index (χ0n) is 15.1. The Morgan fingerprint density at radius 1 is 1.07 bits per heavy atom. The van der Waals surface area contributed by atoms with Crippen LogP contribution in [-0.4, -0.2) is 36.3 Å². The largest absolute Gasteiger partial charge is 0.316 e. The standard InChI is InChI=1S/C21H21F2N3O/c1-14-25-21(16-2-6-18(22)7-3-16,17-4-8-19(23)9-5-17)20(27)26(14)13-15-10-11-24-12-15/h2-9,15,24H,10-13H2,1H3. The van der Waals surface area contributed by atoms with Gasteiger partial charge in [0.2, 0.25) is 0 Å². The Bertz CT molecular complexity index is 826. The number of aliphatic imine (C=N–C) groups is 1. The number of carbonyl (C=O) groups is 1. The van der Waals surface area contributed by atoms with Gasteiger partial charge in [0.15, 0.2) is 5.54 Å². The molecule has 1 amide bonds. The molecular formula is C21H21F2N3O. The zero-order valence-corrected chi connectivity index (χ0v) is 15.1. The molecule has 27 heavy (non-hydrogen) atoms. The van der Waals surface area contributed by atoms with Gasteiger partial charge in [-0.15, -0.1) is 0 Å². The van der Waals surface area contributed by atoms with Crippen molar-refractivity contribution in [2.75, 3.05) is 19.6 Å². The third kappa shape index (κ3) is 3.04. The molecule has 2 aromatic carbocycles. The average Bonchev–Trinajstić information content (AvgIpc) is 3.26. The van der Waals surface area contributed by atoms with E-state index in [1.54, 1.807) is 29.2 Å². The molecule has 2 aliphatic heterocycles. The maximum Gasteiger partial charge on any atom is 0.265 e. The van der Waals surface area contributed by atoms with Gasteiger partial charge in [0, 0.05) is 6.54 Å². The maximum atomic E-state index is 13.6. The number of amidine groups is 1. The minimum absolute atomic E-state index is 0.176. The van der Waals surface area contributed by atoms with Gasteiger partial charge < -0.3 is 5.32 Å². The van der Waals surface area contributed by atoms with Gasteiger partial charge in [0.25, 0.3) is 5.91 Å². The van der Waals surface area contributed by atoms with Gasteiger partial charge in [0.1, 0.15) is 17.5 Å². The molecule has 0 spiro atoms. The van der Waals surface area contributed by atoms with Gasteiger partial charge in [0.05, 0.1) is 0 Å². The number of rotatable bonds is 4. The maximum absolute atomic E-state index is 13.6. The highest BCUT2D eigenvalue weighted by molar-refractivity contribution is 6.09. The van der Waals surface area contributed by atoms with E-state index in [4.69, 9.17) is 4.99 Å². The summed E-state index contributed by atoms with van der Waals surface area (Å²) in [6, 6.07) is 11.6. The number of halogens is 2. The first kappa shape index (κ1) is 17.8. The molecule has 0 aliphatic carbocycles. The number of benzene rings is 2. The summed E-state index contributed by atoms with van der Waals surface area (Å²) < 4.78 is 27.0. The minimum Gasteiger partial charge on any atom is -0.316 e. The van der Waals surface area contributed by atoms with Gasteiger partial charge in [-0.05, 0) is 67.7 Å². The Balaban J connectivity index is 1.80. The summed E-state index contributed by atoms with van der Waals surface area (Å²) in [5.74, 6) is 0.0584. The summed E-state index contributed by atoms with van der Waals surface area (Å²) in [7, 11) is 0. The first-order valence-electron chi connectivity index (χ1n) is 9.12. The molecule has 1 N–H and O–H groups in total. The molecule has 1 unspecified atom stereocenters. The van der Waals surface area contributed by atoms with Crippen molar-refractivity contribution in [1.29, 1.82) is 0 Å². The van der Waals surface area contributed by atoms with Gasteiger partial charge in [-0.25, -0.2) is 13.8 Å². The predicted molar refractivity (Wildman–Crippen MR) is 99.4 cm³/mol. The molecule has 1 atom stereocenters. The number of amides is 1. The van der Waals surface area contributed by atoms with E-state index in [9.17, 15) is 13.6 Å². The van der Waals surface area contributed by atoms with Crippen LogP contribution < -0.4 is 5.32 Å². The lowest BCUT2D eigenvalue weighted by Gasteiger charge is -2.28. The van der Waals surface area contributed by atoms with Gasteiger partial charge in [-0.2, -0.15) is 0 Å². The van der Waals surface area contributed by atoms with Crippen LogP contribution in [0, 0.1) is 17.6 Å². The second-order valence-corrected chi connectivity index (χ2v) is 7.16. The molecule has 1 saturated heterocycles. The lowest BCUT2D eigenvalue weighted by Crippen LogP contribution is -2.43. The fourth-order valence-electron chi connectivity index (χ4n) is 3.96.